The van der Waals surface area contributed by atoms with E-state index < -0.39 is 17.7 Å². The van der Waals surface area contributed by atoms with Gasteiger partial charge < -0.3 is 24.2 Å². The van der Waals surface area contributed by atoms with Crippen LogP contribution in [0.15, 0.2) is 36.4 Å². The lowest BCUT2D eigenvalue weighted by Crippen LogP contribution is -2.54. The van der Waals surface area contributed by atoms with Crippen molar-refractivity contribution < 1.29 is 24.1 Å². The molecule has 1 saturated heterocycles. The van der Waals surface area contributed by atoms with E-state index in [0.717, 1.165) is 24.2 Å². The fraction of sp³-hybridized carbons (Fsp3) is 0.500. The normalized spacial score (nSPS) is 25.6. The predicted molar refractivity (Wildman–Crippen MR) is 130 cm³/mol. The molecule has 0 radical (unpaired) electrons. The van der Waals surface area contributed by atoms with Gasteiger partial charge in [0.05, 0.1) is 30.9 Å². The molecule has 3 atom stereocenters. The average Bonchev–Trinajstić information content (AvgIpc) is 3.49. The molecule has 0 unspecified atom stereocenters. The molecular formula is C28H32N2O5. The highest BCUT2D eigenvalue weighted by Crippen LogP contribution is 2.46. The number of nitrogens with zero attached hydrogens (tertiary/aromatic N) is 2. The average molecular weight is 477 g/mol. The summed E-state index contributed by atoms with van der Waals surface area (Å²) in [6.45, 7) is 4.10. The maximum atomic E-state index is 13.3. The van der Waals surface area contributed by atoms with Crippen molar-refractivity contribution in [3.05, 3.63) is 53.1 Å². The standard InChI is InChI=1S/C28H32N2O5/c1-28(2)27(32)26(21-12-17(15-29)8-10-22(21)35-28)30-16-19(14-25(30)31)18-9-11-23(33-3)24(13-18)34-20-6-4-5-7-20/h8-13,19-20,26-27,32H,4-7,14,16H2,1-3H3/t19-,26-,27+/m1/s1. The number of carbonyl (C=O) groups excluding carboxylic acids is 1. The van der Waals surface area contributed by atoms with Crippen LogP contribution in [0.1, 0.15) is 74.6 Å². The Morgan fingerprint density at radius 3 is 2.63 bits per heavy atom. The highest BCUT2D eigenvalue weighted by Gasteiger charge is 2.49. The SMILES string of the molecule is COc1ccc([C@@H]2CC(=O)N([C@@H]3c4cc(C#N)ccc4OC(C)(C)[C@H]3O)C2)cc1OC1CCCC1. The van der Waals surface area contributed by atoms with Crippen molar-refractivity contribution in [3.63, 3.8) is 0 Å². The molecule has 2 fully saturated rings. The highest BCUT2D eigenvalue weighted by molar-refractivity contribution is 5.81. The number of aliphatic hydroxyl groups is 1. The molecule has 5 rings (SSSR count). The lowest BCUT2D eigenvalue weighted by Gasteiger charge is -2.45. The number of likely N-dealkylation sites (tertiary alicyclic amines) is 1. The number of hydrogen-bond acceptors (Lipinski definition) is 6. The number of aliphatic hydroxyl groups excluding tert-OH is 1. The number of hydrogen-bond donors (Lipinski definition) is 1. The second-order valence-corrected chi connectivity index (χ2v) is 10.3. The van der Waals surface area contributed by atoms with E-state index in [1.807, 2.05) is 32.0 Å². The van der Waals surface area contributed by atoms with Gasteiger partial charge in [0.15, 0.2) is 11.5 Å². The molecule has 35 heavy (non-hydrogen) atoms. The molecule has 2 aliphatic heterocycles. The van der Waals surface area contributed by atoms with Crippen molar-refractivity contribution in [2.45, 2.75) is 75.7 Å². The monoisotopic (exact) mass is 476 g/mol. The van der Waals surface area contributed by atoms with E-state index in [4.69, 9.17) is 14.2 Å². The van der Waals surface area contributed by atoms with Gasteiger partial charge in [0, 0.05) is 24.4 Å². The first-order chi connectivity index (χ1) is 16.8. The van der Waals surface area contributed by atoms with Gasteiger partial charge in [-0.1, -0.05) is 6.07 Å². The molecule has 1 saturated carbocycles. The molecule has 7 heteroatoms. The summed E-state index contributed by atoms with van der Waals surface area (Å²) in [5, 5.41) is 20.7. The Kier molecular flexibility index (Phi) is 6.10. The Bertz CT molecular complexity index is 1160. The predicted octanol–water partition coefficient (Wildman–Crippen LogP) is 4.48. The van der Waals surface area contributed by atoms with Crippen molar-refractivity contribution in [2.24, 2.45) is 0 Å². The fourth-order valence-corrected chi connectivity index (χ4v) is 5.62. The van der Waals surface area contributed by atoms with Crippen molar-refractivity contribution >= 4 is 5.91 Å². The summed E-state index contributed by atoms with van der Waals surface area (Å²) in [5.41, 5.74) is 1.27. The molecule has 2 aromatic rings. The minimum atomic E-state index is -0.941. The summed E-state index contributed by atoms with van der Waals surface area (Å²) in [6.07, 6.45) is 4.05. The first-order valence-corrected chi connectivity index (χ1v) is 12.4. The van der Waals surface area contributed by atoms with Gasteiger partial charge in [-0.25, -0.2) is 0 Å². The highest BCUT2D eigenvalue weighted by atomic mass is 16.5. The molecular weight excluding hydrogens is 444 g/mol. The van der Waals surface area contributed by atoms with Crippen LogP contribution in [0.4, 0.5) is 0 Å². The number of amides is 1. The van der Waals surface area contributed by atoms with Crippen LogP contribution >= 0.6 is 0 Å². The van der Waals surface area contributed by atoms with Gasteiger partial charge >= 0.3 is 0 Å². The van der Waals surface area contributed by atoms with Crippen LogP contribution in [-0.2, 0) is 4.79 Å². The molecule has 1 amide bonds. The number of rotatable bonds is 5. The van der Waals surface area contributed by atoms with E-state index in [2.05, 4.69) is 6.07 Å². The number of fused-ring (bicyclic) bond motifs is 1. The second-order valence-electron chi connectivity index (χ2n) is 10.3. The van der Waals surface area contributed by atoms with E-state index >= 15 is 0 Å². The molecule has 2 aromatic carbocycles. The van der Waals surface area contributed by atoms with Gasteiger partial charge in [0.2, 0.25) is 5.91 Å². The molecule has 7 nitrogen and oxygen atoms in total. The Morgan fingerprint density at radius 2 is 1.91 bits per heavy atom. The Balaban J connectivity index is 1.45. The third-order valence-electron chi connectivity index (χ3n) is 7.59. The lowest BCUT2D eigenvalue weighted by atomic mass is 9.85. The van der Waals surface area contributed by atoms with E-state index in [-0.39, 0.29) is 17.9 Å². The molecule has 1 aliphatic carbocycles. The number of nitriles is 1. The van der Waals surface area contributed by atoms with Gasteiger partial charge in [-0.15, -0.1) is 0 Å². The molecule has 3 aliphatic rings. The van der Waals surface area contributed by atoms with Gasteiger partial charge in [-0.3, -0.25) is 4.79 Å². The quantitative estimate of drug-likeness (QED) is 0.684. The van der Waals surface area contributed by atoms with Crippen LogP contribution in [0, 0.1) is 11.3 Å². The van der Waals surface area contributed by atoms with Crippen LogP contribution in [0.3, 0.4) is 0 Å². The Morgan fingerprint density at radius 1 is 1.14 bits per heavy atom. The molecule has 2 heterocycles. The zero-order chi connectivity index (χ0) is 24.7. The first-order valence-electron chi connectivity index (χ1n) is 12.4. The summed E-state index contributed by atoms with van der Waals surface area (Å²) in [5.74, 6) is 1.94. The fourth-order valence-electron chi connectivity index (χ4n) is 5.62. The zero-order valence-electron chi connectivity index (χ0n) is 20.5. The number of carbonyl (C=O) groups is 1. The van der Waals surface area contributed by atoms with Crippen LogP contribution in [0.5, 0.6) is 17.2 Å². The summed E-state index contributed by atoms with van der Waals surface area (Å²) < 4.78 is 17.9. The third kappa shape index (κ3) is 4.32. The maximum absolute atomic E-state index is 13.3. The van der Waals surface area contributed by atoms with Crippen LogP contribution in [-0.4, -0.2) is 47.4 Å². The molecule has 184 valence electrons. The summed E-state index contributed by atoms with van der Waals surface area (Å²) in [7, 11) is 1.64. The van der Waals surface area contributed by atoms with E-state index in [1.165, 1.54) is 12.8 Å². The van der Waals surface area contributed by atoms with Crippen molar-refractivity contribution in [1.82, 2.24) is 4.90 Å². The van der Waals surface area contributed by atoms with Gasteiger partial charge in [0.1, 0.15) is 17.5 Å². The molecule has 0 aromatic heterocycles. The van der Waals surface area contributed by atoms with Gasteiger partial charge in [0.25, 0.3) is 0 Å². The van der Waals surface area contributed by atoms with E-state index in [9.17, 15) is 15.2 Å². The molecule has 0 spiro atoms. The van der Waals surface area contributed by atoms with Crippen LogP contribution < -0.4 is 14.2 Å². The number of methoxy groups -OCH3 is 1. The van der Waals surface area contributed by atoms with E-state index in [0.29, 0.717) is 35.6 Å². The maximum Gasteiger partial charge on any atom is 0.223 e. The smallest absolute Gasteiger partial charge is 0.223 e. The number of ether oxygens (including phenoxy) is 3. The Hall–Kier alpha value is -3.24. The van der Waals surface area contributed by atoms with Gasteiger partial charge in [-0.2, -0.15) is 5.26 Å². The first kappa shape index (κ1) is 23.5. The summed E-state index contributed by atoms with van der Waals surface area (Å²) >= 11 is 0. The lowest BCUT2D eigenvalue weighted by molar-refractivity contribution is -0.139. The van der Waals surface area contributed by atoms with Crippen LogP contribution in [0.2, 0.25) is 0 Å². The Labute approximate surface area is 206 Å². The minimum Gasteiger partial charge on any atom is -0.493 e. The van der Waals surface area contributed by atoms with Crippen molar-refractivity contribution in [2.75, 3.05) is 13.7 Å². The second kappa shape index (κ2) is 9.09. The minimum absolute atomic E-state index is 0.0286. The summed E-state index contributed by atoms with van der Waals surface area (Å²) in [6, 6.07) is 12.6. The largest absolute Gasteiger partial charge is 0.493 e. The van der Waals surface area contributed by atoms with Crippen molar-refractivity contribution in [3.8, 4) is 23.3 Å². The van der Waals surface area contributed by atoms with Crippen LogP contribution in [0.25, 0.3) is 0 Å². The van der Waals surface area contributed by atoms with E-state index in [1.54, 1.807) is 30.2 Å². The molecule has 1 N–H and O–H groups in total. The van der Waals surface area contributed by atoms with Crippen molar-refractivity contribution in [1.29, 1.82) is 5.26 Å². The summed E-state index contributed by atoms with van der Waals surface area (Å²) in [4.78, 5) is 15.1. The zero-order valence-corrected chi connectivity index (χ0v) is 20.5. The third-order valence-corrected chi connectivity index (χ3v) is 7.59. The molecule has 0 bridgehead atoms. The topological polar surface area (TPSA) is 92.0 Å². The number of benzene rings is 2. The van der Waals surface area contributed by atoms with Gasteiger partial charge in [-0.05, 0) is 75.4 Å².